The van der Waals surface area contributed by atoms with Crippen LogP contribution in [0.25, 0.3) is 0 Å². The normalized spacial score (nSPS) is 13.0. The molecule has 0 aliphatic carbocycles. The molecule has 0 N–H and O–H groups in total. The van der Waals surface area contributed by atoms with Crippen molar-refractivity contribution in [3.05, 3.63) is 0 Å². The Morgan fingerprint density at radius 2 is 1.17 bits per heavy atom. The predicted octanol–water partition coefficient (Wildman–Crippen LogP) is 1.82. The first-order valence-corrected chi connectivity index (χ1v) is 9.66. The second-order valence-electron chi connectivity index (χ2n) is 3.83. The van der Waals surface area contributed by atoms with E-state index in [0.717, 1.165) is 0 Å². The fourth-order valence-corrected chi connectivity index (χ4v) is 6.20. The van der Waals surface area contributed by atoms with E-state index >= 15 is 0 Å². The number of nitrogens with zero attached hydrogens (tertiary/aromatic N) is 2. The smallest absolute Gasteiger partial charge is 0.259 e. The average Bonchev–Trinajstić information content (AvgIpc) is 2.00. The molecule has 0 aromatic heterocycles. The van der Waals surface area contributed by atoms with E-state index in [1.807, 2.05) is 0 Å². The fourth-order valence-electron chi connectivity index (χ4n) is 0.779. The highest BCUT2D eigenvalue weighted by Gasteiger charge is 2.22. The van der Waals surface area contributed by atoms with E-state index in [0.29, 0.717) is 12.1 Å². The van der Waals surface area contributed by atoms with E-state index in [-0.39, 0.29) is 0 Å². The van der Waals surface area contributed by atoms with E-state index in [2.05, 4.69) is 72.7 Å². The van der Waals surface area contributed by atoms with Gasteiger partial charge in [0.05, 0.1) is 0 Å². The third-order valence-electron chi connectivity index (χ3n) is 2.30. The van der Waals surface area contributed by atoms with Crippen LogP contribution in [0.5, 0.6) is 0 Å². The van der Waals surface area contributed by atoms with Crippen molar-refractivity contribution >= 4 is 28.4 Å². The molecule has 0 atom stereocenters. The van der Waals surface area contributed by atoms with E-state index in [9.17, 15) is 0 Å². The molecule has 0 radical (unpaired) electrons. The third-order valence-corrected chi connectivity index (χ3v) is 10.1. The van der Waals surface area contributed by atoms with E-state index in [4.69, 9.17) is 0 Å². The summed E-state index contributed by atoms with van der Waals surface area (Å²) in [4.78, 5) is 0. The largest absolute Gasteiger partial charge is 0.307 e. The predicted molar refractivity (Wildman–Crippen MR) is 67.0 cm³/mol. The second-order valence-corrected chi connectivity index (χ2v) is 9.42. The minimum Gasteiger partial charge on any atom is -0.307 e. The van der Waals surface area contributed by atoms with Gasteiger partial charge in [-0.1, -0.05) is 49.5 Å². The van der Waals surface area contributed by atoms with E-state index < -0.39 is 6.62 Å². The molecule has 0 saturated carbocycles. The van der Waals surface area contributed by atoms with Crippen LogP contribution in [0.3, 0.4) is 0 Å². The minimum atomic E-state index is -0.870. The Morgan fingerprint density at radius 1 is 0.917 bits per heavy atom. The molecule has 0 bridgehead atoms. The minimum absolute atomic E-state index is 0.666. The zero-order valence-corrected chi connectivity index (χ0v) is 12.3. The number of rotatable bonds is 4. The summed E-state index contributed by atoms with van der Waals surface area (Å²) < 4.78 is 5.00. The molecule has 0 aromatic rings. The van der Waals surface area contributed by atoms with Gasteiger partial charge in [0.1, 0.15) is 0 Å². The monoisotopic (exact) mass is 300 g/mol. The fraction of sp³-hybridized carbons (Fsp3) is 1.00. The van der Waals surface area contributed by atoms with Gasteiger partial charge in [0.15, 0.2) is 0 Å². The molecule has 0 unspecified atom stereocenters. The lowest BCUT2D eigenvalue weighted by Crippen LogP contribution is -2.50. The molecule has 4 heteroatoms. The van der Waals surface area contributed by atoms with Crippen LogP contribution in [-0.4, -0.2) is 41.9 Å². The van der Waals surface area contributed by atoms with Crippen molar-refractivity contribution in [3.8, 4) is 0 Å². The van der Waals surface area contributed by atoms with Crippen LogP contribution in [-0.2, 0) is 0 Å². The van der Waals surface area contributed by atoms with Crippen LogP contribution in [0, 0.1) is 0 Å². The molecule has 12 heavy (non-hydrogen) atoms. The molecule has 0 aromatic carbocycles. The Bertz CT molecular complexity index is 116. The van der Waals surface area contributed by atoms with Gasteiger partial charge in [-0.05, 0) is 26.2 Å². The molecule has 0 aliphatic heterocycles. The molecule has 0 amide bonds. The SMILES string of the molecule is CC(C)N(C)[SiH](I)N(C)C(C)C. The topological polar surface area (TPSA) is 6.48 Å². The Labute approximate surface area is 91.3 Å². The van der Waals surface area contributed by atoms with Gasteiger partial charge in [-0.25, -0.2) is 0 Å². The maximum absolute atomic E-state index is 2.61. The Kier molecular flexibility index (Phi) is 5.97. The van der Waals surface area contributed by atoms with Gasteiger partial charge in [0, 0.05) is 0 Å². The maximum atomic E-state index is 2.61. The summed E-state index contributed by atoms with van der Waals surface area (Å²) in [6.07, 6.45) is 0. The molecule has 2 nitrogen and oxygen atoms in total. The van der Waals surface area contributed by atoms with Crippen LogP contribution < -0.4 is 0 Å². The molecule has 0 aliphatic rings. The van der Waals surface area contributed by atoms with Gasteiger partial charge in [-0.2, -0.15) is 0 Å². The van der Waals surface area contributed by atoms with Crippen molar-refractivity contribution < 1.29 is 0 Å². The Hall–Kier alpha value is 0.867. The molecular formula is C8H21IN2Si. The summed E-state index contributed by atoms with van der Waals surface area (Å²) >= 11 is 2.61. The van der Waals surface area contributed by atoms with Gasteiger partial charge in [0.2, 0.25) is 0 Å². The highest BCUT2D eigenvalue weighted by atomic mass is 127. The highest BCUT2D eigenvalue weighted by Crippen LogP contribution is 2.11. The standard InChI is InChI=1S/C8H21IN2Si/c1-7(2)10(5)12(9)11(6)8(3)4/h7-8,12H,1-6H3. The summed E-state index contributed by atoms with van der Waals surface area (Å²) in [6, 6.07) is 1.33. The second kappa shape index (κ2) is 5.57. The lowest BCUT2D eigenvalue weighted by molar-refractivity contribution is 0.356. The number of hydrogen-bond acceptors (Lipinski definition) is 2. The van der Waals surface area contributed by atoms with Crippen LogP contribution in [0.4, 0.5) is 0 Å². The molecule has 0 rings (SSSR count). The molecule has 0 heterocycles. The Morgan fingerprint density at radius 3 is 1.33 bits per heavy atom. The van der Waals surface area contributed by atoms with Crippen LogP contribution in [0.1, 0.15) is 27.7 Å². The first-order valence-electron chi connectivity index (χ1n) is 4.45. The zero-order valence-electron chi connectivity index (χ0n) is 9.00. The third kappa shape index (κ3) is 3.72. The van der Waals surface area contributed by atoms with Crippen LogP contribution in [0.15, 0.2) is 0 Å². The molecule has 0 saturated heterocycles. The molecular weight excluding hydrogens is 279 g/mol. The van der Waals surface area contributed by atoms with Crippen LogP contribution in [0.2, 0.25) is 0 Å². The van der Waals surface area contributed by atoms with E-state index in [1.165, 1.54) is 0 Å². The Balaban J connectivity index is 4.08. The van der Waals surface area contributed by atoms with Gasteiger partial charge < -0.3 is 9.13 Å². The summed E-state index contributed by atoms with van der Waals surface area (Å²) in [5.41, 5.74) is 0. The van der Waals surface area contributed by atoms with Crippen molar-refractivity contribution in [2.75, 3.05) is 14.1 Å². The van der Waals surface area contributed by atoms with Gasteiger partial charge in [-0.15, -0.1) is 0 Å². The lowest BCUT2D eigenvalue weighted by atomic mass is 10.4. The quantitative estimate of drug-likeness (QED) is 0.444. The number of halogens is 1. The lowest BCUT2D eigenvalue weighted by Gasteiger charge is -2.34. The summed E-state index contributed by atoms with van der Waals surface area (Å²) in [7, 11) is 4.46. The summed E-state index contributed by atoms with van der Waals surface area (Å²) in [5, 5.41) is 0. The average molecular weight is 300 g/mol. The number of hydrogen-bond donors (Lipinski definition) is 0. The first-order chi connectivity index (χ1) is 5.37. The molecule has 0 spiro atoms. The molecule has 74 valence electrons. The van der Waals surface area contributed by atoms with Crippen molar-refractivity contribution in [1.29, 1.82) is 0 Å². The summed E-state index contributed by atoms with van der Waals surface area (Å²) in [5.74, 6) is 0. The van der Waals surface area contributed by atoms with Crippen LogP contribution >= 0.6 is 21.8 Å². The summed E-state index contributed by atoms with van der Waals surface area (Å²) in [6.45, 7) is 8.16. The van der Waals surface area contributed by atoms with Gasteiger partial charge in [-0.3, -0.25) is 0 Å². The van der Waals surface area contributed by atoms with Crippen molar-refractivity contribution in [2.24, 2.45) is 0 Å². The zero-order chi connectivity index (χ0) is 9.89. The maximum Gasteiger partial charge on any atom is 0.259 e. The van der Waals surface area contributed by atoms with Gasteiger partial charge >= 0.3 is 0 Å². The van der Waals surface area contributed by atoms with Gasteiger partial charge in [0.25, 0.3) is 6.62 Å². The van der Waals surface area contributed by atoms with Crippen molar-refractivity contribution in [3.63, 3.8) is 0 Å². The van der Waals surface area contributed by atoms with Crippen molar-refractivity contribution in [2.45, 2.75) is 39.8 Å². The molecule has 0 fully saturated rings. The van der Waals surface area contributed by atoms with Crippen molar-refractivity contribution in [1.82, 2.24) is 9.13 Å². The highest BCUT2D eigenvalue weighted by molar-refractivity contribution is 14.1. The van der Waals surface area contributed by atoms with E-state index in [1.54, 1.807) is 0 Å². The first kappa shape index (κ1) is 12.9.